The van der Waals surface area contributed by atoms with Crippen LogP contribution >= 0.6 is 0 Å². The highest BCUT2D eigenvalue weighted by molar-refractivity contribution is 6.04. The van der Waals surface area contributed by atoms with Crippen molar-refractivity contribution in [2.75, 3.05) is 6.54 Å². The van der Waals surface area contributed by atoms with Gasteiger partial charge in [0.1, 0.15) is 0 Å². The third kappa shape index (κ3) is 2.75. The van der Waals surface area contributed by atoms with Crippen molar-refractivity contribution in [1.29, 1.82) is 0 Å². The topological polar surface area (TPSA) is 70.5 Å². The molecule has 19 heavy (non-hydrogen) atoms. The number of hydrogen-bond donors (Lipinski definition) is 1. The van der Waals surface area contributed by atoms with E-state index < -0.39 is 5.97 Å². The van der Waals surface area contributed by atoms with Crippen LogP contribution in [-0.4, -0.2) is 39.5 Å². The van der Waals surface area contributed by atoms with E-state index in [4.69, 9.17) is 5.11 Å². The van der Waals surface area contributed by atoms with Gasteiger partial charge in [0.25, 0.3) is 5.91 Å². The molecule has 1 saturated heterocycles. The maximum absolute atomic E-state index is 12.5. The average Bonchev–Trinajstić information content (AvgIpc) is 2.46. The third-order valence-corrected chi connectivity index (χ3v) is 3.64. The van der Waals surface area contributed by atoms with E-state index in [-0.39, 0.29) is 23.1 Å². The summed E-state index contributed by atoms with van der Waals surface area (Å²) >= 11 is 0. The van der Waals surface area contributed by atoms with Crippen LogP contribution < -0.4 is 0 Å². The van der Waals surface area contributed by atoms with Crippen molar-refractivity contribution >= 4 is 11.9 Å². The molecule has 0 bridgehead atoms. The fourth-order valence-corrected chi connectivity index (χ4v) is 2.60. The van der Waals surface area contributed by atoms with Crippen LogP contribution in [0.2, 0.25) is 0 Å². The van der Waals surface area contributed by atoms with Crippen LogP contribution in [0.1, 0.15) is 53.3 Å². The molecule has 1 atom stereocenters. The van der Waals surface area contributed by atoms with Gasteiger partial charge < -0.3 is 10.0 Å². The van der Waals surface area contributed by atoms with E-state index in [1.165, 1.54) is 18.5 Å². The van der Waals surface area contributed by atoms with Crippen LogP contribution in [0.25, 0.3) is 0 Å². The van der Waals surface area contributed by atoms with E-state index in [1.54, 1.807) is 0 Å². The number of piperidine rings is 1. The Morgan fingerprint density at radius 1 is 1.42 bits per heavy atom. The number of aromatic carboxylic acids is 1. The molecule has 102 valence electrons. The number of hydrogen-bond acceptors (Lipinski definition) is 3. The highest BCUT2D eigenvalue weighted by Crippen LogP contribution is 2.22. The molecule has 1 unspecified atom stereocenters. The first-order valence-electron chi connectivity index (χ1n) is 6.63. The van der Waals surface area contributed by atoms with Gasteiger partial charge in [-0.1, -0.05) is 6.92 Å². The third-order valence-electron chi connectivity index (χ3n) is 3.64. The summed E-state index contributed by atoms with van der Waals surface area (Å²) in [7, 11) is 0. The molecule has 0 aliphatic carbocycles. The first-order valence-corrected chi connectivity index (χ1v) is 6.63. The van der Waals surface area contributed by atoms with Crippen molar-refractivity contribution in [3.8, 4) is 0 Å². The molecule has 0 radical (unpaired) electrons. The minimum Gasteiger partial charge on any atom is -0.478 e. The maximum atomic E-state index is 12.5. The average molecular weight is 262 g/mol. The van der Waals surface area contributed by atoms with E-state index in [2.05, 4.69) is 11.9 Å². The molecule has 0 saturated carbocycles. The molecule has 5 nitrogen and oxygen atoms in total. The first-order chi connectivity index (χ1) is 9.15. The van der Waals surface area contributed by atoms with Crippen LogP contribution in [0.5, 0.6) is 0 Å². The number of rotatable bonds is 3. The number of amides is 1. The standard InChI is InChI=1S/C14H18N2O3/c1-2-10-5-3-4-8-16(10)13(17)11-6-7-15-9-12(11)14(18)19/h6-7,9-10H,2-5,8H2,1H3,(H,18,19). The lowest BCUT2D eigenvalue weighted by molar-refractivity contribution is 0.0590. The van der Waals surface area contributed by atoms with E-state index in [9.17, 15) is 9.59 Å². The number of carboxylic acids is 1. The van der Waals surface area contributed by atoms with Crippen LogP contribution in [0.3, 0.4) is 0 Å². The zero-order valence-corrected chi connectivity index (χ0v) is 11.0. The van der Waals surface area contributed by atoms with Crippen LogP contribution in [-0.2, 0) is 0 Å². The van der Waals surface area contributed by atoms with Crippen molar-refractivity contribution in [3.05, 3.63) is 29.6 Å². The molecule has 1 N–H and O–H groups in total. The highest BCUT2D eigenvalue weighted by atomic mass is 16.4. The molecule has 1 aliphatic rings. The van der Waals surface area contributed by atoms with E-state index in [0.717, 1.165) is 25.7 Å². The Bertz CT molecular complexity index is 487. The summed E-state index contributed by atoms with van der Waals surface area (Å²) in [5, 5.41) is 9.13. The normalized spacial score (nSPS) is 19.2. The molecule has 2 heterocycles. The quantitative estimate of drug-likeness (QED) is 0.906. The van der Waals surface area contributed by atoms with Crippen LogP contribution in [0, 0.1) is 0 Å². The lowest BCUT2D eigenvalue weighted by Crippen LogP contribution is -2.43. The van der Waals surface area contributed by atoms with Gasteiger partial charge in [-0.15, -0.1) is 0 Å². The summed E-state index contributed by atoms with van der Waals surface area (Å²) < 4.78 is 0. The second kappa shape index (κ2) is 5.82. The molecule has 1 aliphatic heterocycles. The van der Waals surface area contributed by atoms with E-state index in [0.29, 0.717) is 6.54 Å². The molecule has 1 amide bonds. The van der Waals surface area contributed by atoms with Crippen molar-refractivity contribution in [2.45, 2.75) is 38.6 Å². The van der Waals surface area contributed by atoms with Gasteiger partial charge in [0.2, 0.25) is 0 Å². The SMILES string of the molecule is CCC1CCCCN1C(=O)c1ccncc1C(=O)O. The van der Waals surface area contributed by atoms with Gasteiger partial charge in [0, 0.05) is 25.0 Å². The summed E-state index contributed by atoms with van der Waals surface area (Å²) in [6.07, 6.45) is 6.71. The number of carbonyl (C=O) groups excluding carboxylic acids is 1. The van der Waals surface area contributed by atoms with Crippen molar-refractivity contribution < 1.29 is 14.7 Å². The second-order valence-corrected chi connectivity index (χ2v) is 4.78. The van der Waals surface area contributed by atoms with Crippen LogP contribution in [0.15, 0.2) is 18.5 Å². The highest BCUT2D eigenvalue weighted by Gasteiger charge is 2.28. The predicted molar refractivity (Wildman–Crippen MR) is 70.2 cm³/mol. The van der Waals surface area contributed by atoms with Crippen molar-refractivity contribution in [1.82, 2.24) is 9.88 Å². The largest absolute Gasteiger partial charge is 0.478 e. The molecular weight excluding hydrogens is 244 g/mol. The Labute approximate surface area is 112 Å². The molecule has 1 fully saturated rings. The Balaban J connectivity index is 2.30. The zero-order valence-electron chi connectivity index (χ0n) is 11.0. The lowest BCUT2D eigenvalue weighted by Gasteiger charge is -2.35. The predicted octanol–water partition coefficient (Wildman–Crippen LogP) is 2.18. The Morgan fingerprint density at radius 3 is 2.89 bits per heavy atom. The van der Waals surface area contributed by atoms with E-state index >= 15 is 0 Å². The number of likely N-dealkylation sites (tertiary alicyclic amines) is 1. The van der Waals surface area contributed by atoms with Gasteiger partial charge in [-0.25, -0.2) is 4.79 Å². The smallest absolute Gasteiger partial charge is 0.338 e. The molecule has 1 aromatic rings. The monoisotopic (exact) mass is 262 g/mol. The molecular formula is C14H18N2O3. The number of carboxylic acid groups (broad SMARTS) is 1. The summed E-state index contributed by atoms with van der Waals surface area (Å²) in [6, 6.07) is 1.71. The zero-order chi connectivity index (χ0) is 13.8. The van der Waals surface area contributed by atoms with Gasteiger partial charge in [0.15, 0.2) is 0 Å². The lowest BCUT2D eigenvalue weighted by atomic mass is 9.98. The van der Waals surface area contributed by atoms with Gasteiger partial charge >= 0.3 is 5.97 Å². The summed E-state index contributed by atoms with van der Waals surface area (Å²) in [5.41, 5.74) is 0.218. The minimum absolute atomic E-state index is 0.0204. The maximum Gasteiger partial charge on any atom is 0.338 e. The fourth-order valence-electron chi connectivity index (χ4n) is 2.60. The molecule has 0 spiro atoms. The molecule has 1 aromatic heterocycles. The Morgan fingerprint density at radius 2 is 2.21 bits per heavy atom. The summed E-state index contributed by atoms with van der Waals surface area (Å²) in [6.45, 7) is 2.76. The summed E-state index contributed by atoms with van der Waals surface area (Å²) in [4.78, 5) is 29.3. The Hall–Kier alpha value is -1.91. The Kier molecular flexibility index (Phi) is 4.14. The van der Waals surface area contributed by atoms with Gasteiger partial charge in [0.05, 0.1) is 11.1 Å². The van der Waals surface area contributed by atoms with Gasteiger partial charge in [-0.2, -0.15) is 0 Å². The van der Waals surface area contributed by atoms with Crippen LogP contribution in [0.4, 0.5) is 0 Å². The van der Waals surface area contributed by atoms with Gasteiger partial charge in [-0.3, -0.25) is 9.78 Å². The number of carbonyl (C=O) groups is 2. The van der Waals surface area contributed by atoms with Crippen molar-refractivity contribution in [3.63, 3.8) is 0 Å². The molecule has 2 rings (SSSR count). The number of pyridine rings is 1. The molecule has 5 heteroatoms. The number of aromatic nitrogens is 1. The van der Waals surface area contributed by atoms with E-state index in [1.807, 2.05) is 4.90 Å². The fraction of sp³-hybridized carbons (Fsp3) is 0.500. The number of nitrogens with zero attached hydrogens (tertiary/aromatic N) is 2. The molecule has 0 aromatic carbocycles. The minimum atomic E-state index is -1.11. The summed E-state index contributed by atoms with van der Waals surface area (Å²) in [5.74, 6) is -1.30. The van der Waals surface area contributed by atoms with Gasteiger partial charge in [-0.05, 0) is 31.7 Å². The van der Waals surface area contributed by atoms with Crippen molar-refractivity contribution in [2.24, 2.45) is 0 Å². The second-order valence-electron chi connectivity index (χ2n) is 4.78. The first kappa shape index (κ1) is 13.5.